The molecule has 0 amide bonds. The highest BCUT2D eigenvalue weighted by Crippen LogP contribution is 2.18. The summed E-state index contributed by atoms with van der Waals surface area (Å²) in [5.41, 5.74) is 2.64. The maximum atomic E-state index is 3.60. The maximum Gasteiger partial charge on any atom is 0.0222 e. The van der Waals surface area contributed by atoms with Gasteiger partial charge in [-0.25, -0.2) is 0 Å². The summed E-state index contributed by atoms with van der Waals surface area (Å²) in [5, 5.41) is 3.49. The van der Waals surface area contributed by atoms with Crippen molar-refractivity contribution in [2.75, 3.05) is 6.54 Å². The zero-order valence-corrected chi connectivity index (χ0v) is 12.1. The Bertz CT molecular complexity index is 321. The predicted molar refractivity (Wildman–Crippen MR) is 74.7 cm³/mol. The third kappa shape index (κ3) is 5.13. The molecule has 0 fully saturated rings. The molecule has 1 N–H and O–H groups in total. The van der Waals surface area contributed by atoms with Crippen LogP contribution >= 0.6 is 15.9 Å². The fraction of sp³-hybridized carbons (Fsp3) is 0.571. The van der Waals surface area contributed by atoms with Gasteiger partial charge in [0.1, 0.15) is 0 Å². The average molecular weight is 284 g/mol. The molecule has 0 saturated carbocycles. The van der Waals surface area contributed by atoms with Gasteiger partial charge in [-0.15, -0.1) is 0 Å². The third-order valence-electron chi connectivity index (χ3n) is 2.66. The molecule has 1 rings (SSSR count). The van der Waals surface area contributed by atoms with Crippen molar-refractivity contribution in [2.45, 2.75) is 40.2 Å². The van der Waals surface area contributed by atoms with Crippen LogP contribution in [-0.4, -0.2) is 6.54 Å². The lowest BCUT2D eigenvalue weighted by Gasteiger charge is -2.08. The summed E-state index contributed by atoms with van der Waals surface area (Å²) in [6.45, 7) is 8.73. The van der Waals surface area contributed by atoms with Crippen LogP contribution in [0.25, 0.3) is 0 Å². The maximum absolute atomic E-state index is 3.60. The molecule has 0 heterocycles. The Kier molecular flexibility index (Phi) is 6.07. The summed E-state index contributed by atoms with van der Waals surface area (Å²) < 4.78 is 1.21. The number of hydrogen-bond donors (Lipinski definition) is 1. The molecular weight excluding hydrogens is 262 g/mol. The molecule has 0 unspecified atom stereocenters. The molecule has 0 radical (unpaired) electrons. The Morgan fingerprint density at radius 1 is 1.31 bits per heavy atom. The molecule has 2 heteroatoms. The van der Waals surface area contributed by atoms with Crippen molar-refractivity contribution in [1.82, 2.24) is 5.32 Å². The number of nitrogens with one attached hydrogen (secondary N) is 1. The first kappa shape index (κ1) is 13.7. The van der Waals surface area contributed by atoms with Gasteiger partial charge in [-0.1, -0.05) is 41.9 Å². The number of hydrogen-bond acceptors (Lipinski definition) is 1. The Balaban J connectivity index is 2.27. The molecule has 0 bridgehead atoms. The summed E-state index contributed by atoms with van der Waals surface area (Å²) in [4.78, 5) is 0. The van der Waals surface area contributed by atoms with E-state index in [0.717, 1.165) is 19.0 Å². The fourth-order valence-corrected chi connectivity index (χ4v) is 2.29. The molecule has 1 aromatic carbocycles. The molecule has 1 aromatic rings. The highest BCUT2D eigenvalue weighted by atomic mass is 79.9. The second-order valence-electron chi connectivity index (χ2n) is 4.81. The normalized spacial score (nSPS) is 11.1. The first-order valence-corrected chi connectivity index (χ1v) is 6.84. The van der Waals surface area contributed by atoms with Crippen molar-refractivity contribution in [3.63, 3.8) is 0 Å². The van der Waals surface area contributed by atoms with E-state index in [-0.39, 0.29) is 0 Å². The van der Waals surface area contributed by atoms with Crippen LogP contribution in [0.4, 0.5) is 0 Å². The van der Waals surface area contributed by atoms with Crippen molar-refractivity contribution in [1.29, 1.82) is 0 Å². The van der Waals surface area contributed by atoms with Crippen LogP contribution in [0, 0.1) is 12.8 Å². The monoisotopic (exact) mass is 283 g/mol. The first-order chi connectivity index (χ1) is 7.59. The lowest BCUT2D eigenvalue weighted by Crippen LogP contribution is -2.15. The van der Waals surface area contributed by atoms with E-state index in [4.69, 9.17) is 0 Å². The molecule has 0 spiro atoms. The van der Waals surface area contributed by atoms with E-state index >= 15 is 0 Å². The summed E-state index contributed by atoms with van der Waals surface area (Å²) >= 11 is 3.60. The van der Waals surface area contributed by atoms with Gasteiger partial charge in [0, 0.05) is 11.0 Å². The van der Waals surface area contributed by atoms with E-state index < -0.39 is 0 Å². The fourth-order valence-electron chi connectivity index (χ4n) is 1.65. The van der Waals surface area contributed by atoms with E-state index in [2.05, 4.69) is 60.2 Å². The average Bonchev–Trinajstić information content (AvgIpc) is 2.20. The van der Waals surface area contributed by atoms with Crippen LogP contribution in [0.1, 0.15) is 37.8 Å². The van der Waals surface area contributed by atoms with Gasteiger partial charge in [-0.3, -0.25) is 0 Å². The number of benzene rings is 1. The molecular formula is C14H22BrN. The third-order valence-corrected chi connectivity index (χ3v) is 3.40. The first-order valence-electron chi connectivity index (χ1n) is 6.05. The molecule has 0 saturated heterocycles. The van der Waals surface area contributed by atoms with Gasteiger partial charge in [0.2, 0.25) is 0 Å². The molecule has 0 aliphatic carbocycles. The standard InChI is InChI=1S/C14H22BrN/c1-11(2)5-4-8-16-10-13-7-6-12(3)9-14(13)15/h6-7,9,11,16H,4-5,8,10H2,1-3H3. The predicted octanol–water partition coefficient (Wildman–Crippen LogP) is 4.28. The highest BCUT2D eigenvalue weighted by molar-refractivity contribution is 9.10. The van der Waals surface area contributed by atoms with Crippen LogP contribution in [0.2, 0.25) is 0 Å². The van der Waals surface area contributed by atoms with E-state index in [1.165, 1.54) is 28.4 Å². The van der Waals surface area contributed by atoms with Gasteiger partial charge < -0.3 is 5.32 Å². The Hall–Kier alpha value is -0.340. The van der Waals surface area contributed by atoms with Crippen LogP contribution in [0.3, 0.4) is 0 Å². The van der Waals surface area contributed by atoms with Crippen molar-refractivity contribution in [2.24, 2.45) is 5.92 Å². The molecule has 0 aliphatic heterocycles. The minimum atomic E-state index is 0.813. The van der Waals surface area contributed by atoms with Gasteiger partial charge in [0.05, 0.1) is 0 Å². The van der Waals surface area contributed by atoms with Gasteiger partial charge in [0.25, 0.3) is 0 Å². The quantitative estimate of drug-likeness (QED) is 0.769. The molecule has 0 aliphatic rings. The zero-order valence-electron chi connectivity index (χ0n) is 10.5. The Morgan fingerprint density at radius 3 is 2.69 bits per heavy atom. The molecule has 1 nitrogen and oxygen atoms in total. The molecule has 0 atom stereocenters. The van der Waals surface area contributed by atoms with Gasteiger partial charge in [0.15, 0.2) is 0 Å². The lowest BCUT2D eigenvalue weighted by atomic mass is 10.1. The second kappa shape index (κ2) is 7.08. The molecule has 16 heavy (non-hydrogen) atoms. The largest absolute Gasteiger partial charge is 0.313 e. The van der Waals surface area contributed by atoms with Crippen LogP contribution in [0.5, 0.6) is 0 Å². The highest BCUT2D eigenvalue weighted by Gasteiger charge is 1.99. The summed E-state index contributed by atoms with van der Waals surface area (Å²) in [6, 6.07) is 6.52. The number of aryl methyl sites for hydroxylation is 1. The topological polar surface area (TPSA) is 12.0 Å². The minimum Gasteiger partial charge on any atom is -0.313 e. The number of rotatable bonds is 6. The minimum absolute atomic E-state index is 0.813. The van der Waals surface area contributed by atoms with Crippen LogP contribution in [-0.2, 0) is 6.54 Å². The van der Waals surface area contributed by atoms with Gasteiger partial charge in [-0.2, -0.15) is 0 Å². The van der Waals surface area contributed by atoms with Gasteiger partial charge in [-0.05, 0) is 49.4 Å². The van der Waals surface area contributed by atoms with E-state index in [0.29, 0.717) is 0 Å². The molecule has 0 aromatic heterocycles. The van der Waals surface area contributed by atoms with E-state index in [9.17, 15) is 0 Å². The zero-order chi connectivity index (χ0) is 12.0. The Labute approximate surface area is 108 Å². The summed E-state index contributed by atoms with van der Waals surface area (Å²) in [6.07, 6.45) is 2.57. The SMILES string of the molecule is Cc1ccc(CNCCCC(C)C)c(Br)c1. The summed E-state index contributed by atoms with van der Waals surface area (Å²) in [7, 11) is 0. The smallest absolute Gasteiger partial charge is 0.0222 e. The van der Waals surface area contributed by atoms with Crippen LogP contribution in [0.15, 0.2) is 22.7 Å². The van der Waals surface area contributed by atoms with Crippen LogP contribution < -0.4 is 5.32 Å². The van der Waals surface area contributed by atoms with Crippen molar-refractivity contribution < 1.29 is 0 Å². The Morgan fingerprint density at radius 2 is 2.06 bits per heavy atom. The second-order valence-corrected chi connectivity index (χ2v) is 5.66. The molecule has 90 valence electrons. The number of halogens is 1. The summed E-state index contributed by atoms with van der Waals surface area (Å²) in [5.74, 6) is 0.813. The van der Waals surface area contributed by atoms with Crippen molar-refractivity contribution in [3.05, 3.63) is 33.8 Å². The van der Waals surface area contributed by atoms with Crippen molar-refractivity contribution >= 4 is 15.9 Å². The lowest BCUT2D eigenvalue weighted by molar-refractivity contribution is 0.527. The van der Waals surface area contributed by atoms with E-state index in [1.54, 1.807) is 0 Å². The van der Waals surface area contributed by atoms with Crippen molar-refractivity contribution in [3.8, 4) is 0 Å². The van der Waals surface area contributed by atoms with E-state index in [1.807, 2.05) is 0 Å². The van der Waals surface area contributed by atoms with Gasteiger partial charge >= 0.3 is 0 Å².